The van der Waals surface area contributed by atoms with Gasteiger partial charge >= 0.3 is 0 Å². The van der Waals surface area contributed by atoms with Crippen LogP contribution in [0, 0.1) is 17.8 Å². The number of rotatable bonds is 5. The van der Waals surface area contributed by atoms with Crippen LogP contribution in [0.4, 0.5) is 5.69 Å². The maximum absolute atomic E-state index is 5.90. The average Bonchev–Trinajstić information content (AvgIpc) is 3.01. The van der Waals surface area contributed by atoms with E-state index in [1.807, 2.05) is 18.2 Å². The van der Waals surface area contributed by atoms with Crippen molar-refractivity contribution in [1.82, 2.24) is 4.90 Å². The van der Waals surface area contributed by atoms with E-state index in [-0.39, 0.29) is 0 Å². The van der Waals surface area contributed by atoms with Crippen molar-refractivity contribution in [3.05, 3.63) is 23.8 Å². The Hall–Kier alpha value is -1.22. The van der Waals surface area contributed by atoms with Crippen molar-refractivity contribution in [3.63, 3.8) is 0 Å². The maximum atomic E-state index is 5.90. The number of methoxy groups -OCH3 is 1. The first kappa shape index (κ1) is 13.7. The fourth-order valence-electron chi connectivity index (χ4n) is 4.28. The fraction of sp³-hybridized carbons (Fsp3) is 0.647. The third kappa shape index (κ3) is 2.78. The van der Waals surface area contributed by atoms with Crippen molar-refractivity contribution in [3.8, 4) is 5.75 Å². The number of ether oxygens (including phenoxy) is 1. The second-order valence-corrected chi connectivity index (χ2v) is 6.70. The van der Waals surface area contributed by atoms with Crippen LogP contribution in [0.1, 0.15) is 31.2 Å². The summed E-state index contributed by atoms with van der Waals surface area (Å²) in [5.41, 5.74) is 7.90. The normalized spacial score (nSPS) is 28.2. The standard InChI is InChI=1S/C17H26N2O/c1-19(10-14-8-12-3-4-13(14)7-12)11-15-9-16(18)5-6-17(15)20-2/h5-6,9,12-14H,3-4,7-8,10-11,18H2,1-2H3. The molecule has 3 unspecified atom stereocenters. The van der Waals surface area contributed by atoms with E-state index < -0.39 is 0 Å². The van der Waals surface area contributed by atoms with Crippen molar-refractivity contribution < 1.29 is 4.74 Å². The van der Waals surface area contributed by atoms with Gasteiger partial charge in [-0.1, -0.05) is 6.42 Å². The van der Waals surface area contributed by atoms with Gasteiger partial charge < -0.3 is 15.4 Å². The van der Waals surface area contributed by atoms with Crippen molar-refractivity contribution in [1.29, 1.82) is 0 Å². The van der Waals surface area contributed by atoms with Crippen molar-refractivity contribution in [2.45, 2.75) is 32.2 Å². The van der Waals surface area contributed by atoms with Gasteiger partial charge in [0, 0.05) is 24.3 Å². The van der Waals surface area contributed by atoms with Gasteiger partial charge in [-0.25, -0.2) is 0 Å². The third-order valence-corrected chi connectivity index (χ3v) is 5.18. The number of nitrogen functional groups attached to an aromatic ring is 1. The highest BCUT2D eigenvalue weighted by molar-refractivity contribution is 5.47. The Labute approximate surface area is 122 Å². The molecule has 2 N–H and O–H groups in total. The molecule has 1 aromatic carbocycles. The first-order chi connectivity index (χ1) is 9.65. The van der Waals surface area contributed by atoms with E-state index in [0.29, 0.717) is 0 Å². The number of nitrogens with zero attached hydrogens (tertiary/aromatic N) is 1. The molecule has 3 rings (SSSR count). The highest BCUT2D eigenvalue weighted by Gasteiger charge is 2.39. The second kappa shape index (κ2) is 5.65. The Morgan fingerprint density at radius 2 is 2.15 bits per heavy atom. The van der Waals surface area contributed by atoms with Gasteiger partial charge in [0.05, 0.1) is 7.11 Å². The summed E-state index contributed by atoms with van der Waals surface area (Å²) in [5, 5.41) is 0. The van der Waals surface area contributed by atoms with E-state index in [1.165, 1.54) is 37.8 Å². The smallest absolute Gasteiger partial charge is 0.123 e. The fourth-order valence-corrected chi connectivity index (χ4v) is 4.28. The molecule has 0 saturated heterocycles. The lowest BCUT2D eigenvalue weighted by molar-refractivity contribution is 0.213. The van der Waals surface area contributed by atoms with Gasteiger partial charge in [-0.3, -0.25) is 0 Å². The monoisotopic (exact) mass is 274 g/mol. The van der Waals surface area contributed by atoms with Crippen LogP contribution in [-0.2, 0) is 6.54 Å². The molecule has 0 radical (unpaired) electrons. The molecule has 3 nitrogen and oxygen atoms in total. The SMILES string of the molecule is COc1ccc(N)cc1CN(C)CC1CC2CCC1C2. The molecule has 2 bridgehead atoms. The number of hydrogen-bond donors (Lipinski definition) is 1. The van der Waals surface area contributed by atoms with Gasteiger partial charge in [0.1, 0.15) is 5.75 Å². The summed E-state index contributed by atoms with van der Waals surface area (Å²) in [7, 11) is 3.94. The quantitative estimate of drug-likeness (QED) is 0.838. The summed E-state index contributed by atoms with van der Waals surface area (Å²) in [4.78, 5) is 2.43. The van der Waals surface area contributed by atoms with Crippen LogP contribution in [0.15, 0.2) is 18.2 Å². The average molecular weight is 274 g/mol. The number of benzene rings is 1. The summed E-state index contributed by atoms with van der Waals surface area (Å²) in [6.45, 7) is 2.13. The van der Waals surface area contributed by atoms with Gasteiger partial charge in [-0.05, 0) is 62.3 Å². The Bertz CT molecular complexity index is 474. The zero-order chi connectivity index (χ0) is 14.1. The molecular formula is C17H26N2O. The van der Waals surface area contributed by atoms with Crippen LogP contribution >= 0.6 is 0 Å². The topological polar surface area (TPSA) is 38.5 Å². The van der Waals surface area contributed by atoms with Gasteiger partial charge in [-0.2, -0.15) is 0 Å². The van der Waals surface area contributed by atoms with Crippen molar-refractivity contribution >= 4 is 5.69 Å². The van der Waals surface area contributed by atoms with Gasteiger partial charge in [0.25, 0.3) is 0 Å². The van der Waals surface area contributed by atoms with E-state index in [9.17, 15) is 0 Å². The summed E-state index contributed by atoms with van der Waals surface area (Å²) < 4.78 is 5.44. The van der Waals surface area contributed by atoms with Crippen molar-refractivity contribution in [2.75, 3.05) is 26.4 Å². The largest absolute Gasteiger partial charge is 0.496 e. The lowest BCUT2D eigenvalue weighted by atomic mass is 9.88. The van der Waals surface area contributed by atoms with Crippen LogP contribution in [0.3, 0.4) is 0 Å². The Morgan fingerprint density at radius 1 is 1.30 bits per heavy atom. The van der Waals surface area contributed by atoms with E-state index in [2.05, 4.69) is 11.9 Å². The van der Waals surface area contributed by atoms with Crippen molar-refractivity contribution in [2.24, 2.45) is 17.8 Å². The molecule has 110 valence electrons. The molecule has 0 aromatic heterocycles. The summed E-state index contributed by atoms with van der Waals surface area (Å²) >= 11 is 0. The Morgan fingerprint density at radius 3 is 2.80 bits per heavy atom. The first-order valence-corrected chi connectivity index (χ1v) is 7.76. The molecular weight excluding hydrogens is 248 g/mol. The molecule has 2 aliphatic carbocycles. The maximum Gasteiger partial charge on any atom is 0.123 e. The predicted molar refractivity (Wildman–Crippen MR) is 82.7 cm³/mol. The molecule has 0 spiro atoms. The molecule has 2 aliphatic rings. The van der Waals surface area contributed by atoms with Gasteiger partial charge in [0.15, 0.2) is 0 Å². The van der Waals surface area contributed by atoms with Gasteiger partial charge in [0.2, 0.25) is 0 Å². The van der Waals surface area contributed by atoms with Crippen LogP contribution in [0.2, 0.25) is 0 Å². The van der Waals surface area contributed by atoms with Crippen LogP contribution in [0.5, 0.6) is 5.75 Å². The van der Waals surface area contributed by atoms with Crippen LogP contribution in [0.25, 0.3) is 0 Å². The minimum atomic E-state index is 0.814. The molecule has 0 heterocycles. The van der Waals surface area contributed by atoms with E-state index in [1.54, 1.807) is 7.11 Å². The number of nitrogens with two attached hydrogens (primary N) is 1. The third-order valence-electron chi connectivity index (χ3n) is 5.18. The predicted octanol–water partition coefficient (Wildman–Crippen LogP) is 3.15. The lowest BCUT2D eigenvalue weighted by Gasteiger charge is -2.27. The molecule has 2 saturated carbocycles. The number of fused-ring (bicyclic) bond motifs is 2. The van der Waals surface area contributed by atoms with Crippen LogP contribution in [-0.4, -0.2) is 25.6 Å². The first-order valence-electron chi connectivity index (χ1n) is 7.76. The molecule has 1 aromatic rings. The summed E-state index contributed by atoms with van der Waals surface area (Å²) in [6, 6.07) is 5.91. The Balaban J connectivity index is 1.61. The minimum Gasteiger partial charge on any atom is -0.496 e. The zero-order valence-corrected chi connectivity index (χ0v) is 12.6. The van der Waals surface area contributed by atoms with Crippen LogP contribution < -0.4 is 10.5 Å². The Kier molecular flexibility index (Phi) is 3.88. The van der Waals surface area contributed by atoms with E-state index >= 15 is 0 Å². The number of anilines is 1. The lowest BCUT2D eigenvalue weighted by Crippen LogP contribution is -2.28. The molecule has 3 atom stereocenters. The van der Waals surface area contributed by atoms with E-state index in [4.69, 9.17) is 10.5 Å². The molecule has 20 heavy (non-hydrogen) atoms. The highest BCUT2D eigenvalue weighted by Crippen LogP contribution is 2.48. The highest BCUT2D eigenvalue weighted by atomic mass is 16.5. The minimum absolute atomic E-state index is 0.814. The van der Waals surface area contributed by atoms with Gasteiger partial charge in [-0.15, -0.1) is 0 Å². The molecule has 0 amide bonds. The summed E-state index contributed by atoms with van der Waals surface area (Å²) in [6.07, 6.45) is 5.88. The number of hydrogen-bond acceptors (Lipinski definition) is 3. The molecule has 0 aliphatic heterocycles. The summed E-state index contributed by atoms with van der Waals surface area (Å²) in [5.74, 6) is 3.87. The molecule has 3 heteroatoms. The molecule has 2 fully saturated rings. The van der Waals surface area contributed by atoms with E-state index in [0.717, 1.165) is 35.7 Å². The zero-order valence-electron chi connectivity index (χ0n) is 12.6. The second-order valence-electron chi connectivity index (χ2n) is 6.70.